The Balaban J connectivity index is 3.13. The molecule has 1 fully saturated rings. The van der Waals surface area contributed by atoms with Crippen LogP contribution in [0.25, 0.3) is 0 Å². The third-order valence-electron chi connectivity index (χ3n) is 2.72. The normalized spacial score (nSPS) is 29.8. The van der Waals surface area contributed by atoms with Crippen molar-refractivity contribution in [1.29, 1.82) is 0 Å². The van der Waals surface area contributed by atoms with Crippen molar-refractivity contribution in [3.63, 3.8) is 0 Å². The van der Waals surface area contributed by atoms with E-state index in [9.17, 15) is 18.0 Å². The monoisotopic (exact) mass is 384 g/mol. The van der Waals surface area contributed by atoms with Crippen LogP contribution in [0.3, 0.4) is 0 Å². The molecule has 0 bridgehead atoms. The van der Waals surface area contributed by atoms with Crippen LogP contribution < -0.4 is 0 Å². The topological polar surface area (TPSA) is 96.0 Å². The second-order valence-corrected chi connectivity index (χ2v) is 7.52. The lowest BCUT2D eigenvalue weighted by Gasteiger charge is -2.39. The SMILES string of the molecule is C=C1C[C@H](Br)[C@@H](OC(C)=O)[C@H](OC(C)=O)[C@H]1OS(C)(=O)=O. The standard InChI is InChI=1S/C12H17BrO7S/c1-6-5-9(13)11(18-7(2)14)12(19-8(3)15)10(6)20-21(4,16)17/h9-12H,1,5H2,2-4H3/t9-,10-,11+,12+/m0/s1. The maximum atomic E-state index is 11.4. The molecule has 0 N–H and O–H groups in total. The smallest absolute Gasteiger partial charge is 0.303 e. The van der Waals surface area contributed by atoms with Crippen LogP contribution in [0.2, 0.25) is 0 Å². The summed E-state index contributed by atoms with van der Waals surface area (Å²) in [5.41, 5.74) is 0.428. The quantitative estimate of drug-likeness (QED) is 0.307. The second-order valence-electron chi connectivity index (χ2n) is 4.75. The van der Waals surface area contributed by atoms with Gasteiger partial charge in [0.05, 0.1) is 11.1 Å². The molecule has 1 aliphatic rings. The van der Waals surface area contributed by atoms with E-state index in [1.54, 1.807) is 0 Å². The van der Waals surface area contributed by atoms with Crippen LogP contribution in [-0.2, 0) is 33.4 Å². The van der Waals surface area contributed by atoms with E-state index in [2.05, 4.69) is 22.5 Å². The fourth-order valence-electron chi connectivity index (χ4n) is 2.06. The van der Waals surface area contributed by atoms with Gasteiger partial charge in [0.25, 0.3) is 10.1 Å². The Hall–Kier alpha value is -0.930. The molecule has 0 radical (unpaired) electrons. The molecule has 1 rings (SSSR count). The Bertz CT molecular complexity index is 542. The Morgan fingerprint density at radius 1 is 1.19 bits per heavy atom. The van der Waals surface area contributed by atoms with Gasteiger partial charge in [0, 0.05) is 13.8 Å². The van der Waals surface area contributed by atoms with Gasteiger partial charge in [-0.2, -0.15) is 8.42 Å². The highest BCUT2D eigenvalue weighted by Gasteiger charge is 2.46. The number of esters is 2. The Morgan fingerprint density at radius 2 is 1.67 bits per heavy atom. The number of alkyl halides is 1. The maximum Gasteiger partial charge on any atom is 0.303 e. The van der Waals surface area contributed by atoms with Crippen LogP contribution in [0.5, 0.6) is 0 Å². The highest BCUT2D eigenvalue weighted by molar-refractivity contribution is 9.09. The van der Waals surface area contributed by atoms with Crippen molar-refractivity contribution in [1.82, 2.24) is 0 Å². The summed E-state index contributed by atoms with van der Waals surface area (Å²) in [6.45, 7) is 6.13. The summed E-state index contributed by atoms with van der Waals surface area (Å²) in [5.74, 6) is -1.22. The molecular formula is C12H17BrO7S. The van der Waals surface area contributed by atoms with Crippen LogP contribution in [0.15, 0.2) is 12.2 Å². The van der Waals surface area contributed by atoms with Crippen molar-refractivity contribution in [2.45, 2.75) is 43.4 Å². The fourth-order valence-corrected chi connectivity index (χ4v) is 3.50. The van der Waals surface area contributed by atoms with E-state index in [1.807, 2.05) is 0 Å². The summed E-state index contributed by atoms with van der Waals surface area (Å²) < 4.78 is 37.9. The molecule has 0 aromatic heterocycles. The number of rotatable bonds is 4. The summed E-state index contributed by atoms with van der Waals surface area (Å²) in [6, 6.07) is 0. The lowest BCUT2D eigenvalue weighted by atomic mass is 9.88. The molecule has 0 spiro atoms. The zero-order valence-electron chi connectivity index (χ0n) is 11.9. The van der Waals surface area contributed by atoms with E-state index in [0.29, 0.717) is 12.0 Å². The summed E-state index contributed by atoms with van der Waals surface area (Å²) in [5, 5.41) is 0. The first-order valence-corrected chi connectivity index (χ1v) is 8.79. The Kier molecular flexibility index (Phi) is 5.94. The van der Waals surface area contributed by atoms with E-state index in [0.717, 1.165) is 6.26 Å². The first-order valence-electron chi connectivity index (χ1n) is 6.05. The molecule has 1 saturated carbocycles. The Labute approximate surface area is 131 Å². The minimum absolute atomic E-state index is 0.315. The average molecular weight is 385 g/mol. The molecular weight excluding hydrogens is 368 g/mol. The van der Waals surface area contributed by atoms with Gasteiger partial charge >= 0.3 is 11.9 Å². The zero-order valence-corrected chi connectivity index (χ0v) is 14.3. The van der Waals surface area contributed by atoms with Gasteiger partial charge < -0.3 is 9.47 Å². The summed E-state index contributed by atoms with van der Waals surface area (Å²) in [6.07, 6.45) is -1.86. The number of carbonyl (C=O) groups excluding carboxylic acids is 2. The minimum Gasteiger partial charge on any atom is -0.457 e. The Morgan fingerprint density at radius 3 is 2.10 bits per heavy atom. The molecule has 0 heterocycles. The second kappa shape index (κ2) is 6.89. The van der Waals surface area contributed by atoms with Gasteiger partial charge in [-0.05, 0) is 12.0 Å². The van der Waals surface area contributed by atoms with E-state index < -0.39 is 40.4 Å². The van der Waals surface area contributed by atoms with Crippen LogP contribution in [0, 0.1) is 0 Å². The maximum absolute atomic E-state index is 11.4. The first-order chi connectivity index (χ1) is 9.51. The molecule has 9 heteroatoms. The number of ether oxygens (including phenoxy) is 2. The van der Waals surface area contributed by atoms with Crippen LogP contribution in [0.4, 0.5) is 0 Å². The van der Waals surface area contributed by atoms with Crippen molar-refractivity contribution < 1.29 is 31.7 Å². The molecule has 0 saturated heterocycles. The van der Waals surface area contributed by atoms with Gasteiger partial charge in [0.15, 0.2) is 12.2 Å². The van der Waals surface area contributed by atoms with E-state index in [4.69, 9.17) is 13.7 Å². The summed E-state index contributed by atoms with van der Waals surface area (Å²) in [7, 11) is -3.80. The van der Waals surface area contributed by atoms with E-state index in [1.165, 1.54) is 13.8 Å². The third kappa shape index (κ3) is 5.40. The molecule has 7 nitrogen and oxygen atoms in total. The molecule has 0 aromatic carbocycles. The number of hydrogen-bond donors (Lipinski definition) is 0. The molecule has 0 amide bonds. The molecule has 0 aromatic rings. The third-order valence-corrected chi connectivity index (χ3v) is 4.12. The number of hydrogen-bond acceptors (Lipinski definition) is 7. The van der Waals surface area contributed by atoms with E-state index >= 15 is 0 Å². The van der Waals surface area contributed by atoms with Crippen molar-refractivity contribution in [2.75, 3.05) is 6.26 Å². The predicted octanol–water partition coefficient (Wildman–Crippen LogP) is 0.918. The number of halogens is 1. The van der Waals surface area contributed by atoms with Gasteiger partial charge in [-0.15, -0.1) is 0 Å². The summed E-state index contributed by atoms with van der Waals surface area (Å²) in [4.78, 5) is 22.1. The average Bonchev–Trinajstić information content (AvgIpc) is 2.26. The van der Waals surface area contributed by atoms with E-state index in [-0.39, 0.29) is 4.83 Å². The minimum atomic E-state index is -3.80. The van der Waals surface area contributed by atoms with Gasteiger partial charge in [-0.1, -0.05) is 22.5 Å². The highest BCUT2D eigenvalue weighted by atomic mass is 79.9. The molecule has 21 heavy (non-hydrogen) atoms. The molecule has 0 aliphatic heterocycles. The van der Waals surface area contributed by atoms with Crippen LogP contribution in [-0.4, -0.2) is 49.8 Å². The van der Waals surface area contributed by atoms with Gasteiger partial charge in [-0.25, -0.2) is 0 Å². The van der Waals surface area contributed by atoms with Crippen LogP contribution in [0.1, 0.15) is 20.3 Å². The van der Waals surface area contributed by atoms with Crippen LogP contribution >= 0.6 is 15.9 Å². The van der Waals surface area contributed by atoms with Crippen molar-refractivity contribution >= 4 is 38.0 Å². The molecule has 4 atom stereocenters. The molecule has 120 valence electrons. The lowest BCUT2D eigenvalue weighted by molar-refractivity contribution is -0.173. The predicted molar refractivity (Wildman–Crippen MR) is 77.3 cm³/mol. The number of carbonyl (C=O) groups is 2. The lowest BCUT2D eigenvalue weighted by Crippen LogP contribution is -2.53. The first kappa shape index (κ1) is 18.1. The fraction of sp³-hybridized carbons (Fsp3) is 0.667. The van der Waals surface area contributed by atoms with Gasteiger partial charge in [0.2, 0.25) is 0 Å². The van der Waals surface area contributed by atoms with Gasteiger partial charge in [-0.3, -0.25) is 13.8 Å². The largest absolute Gasteiger partial charge is 0.457 e. The van der Waals surface area contributed by atoms with Crippen molar-refractivity contribution in [3.05, 3.63) is 12.2 Å². The molecule has 0 unspecified atom stereocenters. The zero-order chi connectivity index (χ0) is 16.4. The van der Waals surface area contributed by atoms with Crippen molar-refractivity contribution in [3.8, 4) is 0 Å². The highest BCUT2D eigenvalue weighted by Crippen LogP contribution is 2.35. The molecule has 1 aliphatic carbocycles. The van der Waals surface area contributed by atoms with Gasteiger partial charge in [0.1, 0.15) is 6.10 Å². The summed E-state index contributed by atoms with van der Waals surface area (Å²) >= 11 is 3.33. The van der Waals surface area contributed by atoms with Crippen molar-refractivity contribution in [2.24, 2.45) is 0 Å².